The molecule has 0 heterocycles. The molecule has 2 N–H and O–H groups in total. The van der Waals surface area contributed by atoms with Crippen molar-refractivity contribution in [3.8, 4) is 5.75 Å². The molecule has 0 amide bonds. The van der Waals surface area contributed by atoms with Crippen LogP contribution in [-0.4, -0.2) is 17.7 Å². The van der Waals surface area contributed by atoms with E-state index < -0.39 is 0 Å². The third-order valence-corrected chi connectivity index (χ3v) is 3.31. The van der Waals surface area contributed by atoms with Crippen LogP contribution in [-0.2, 0) is 6.42 Å². The van der Waals surface area contributed by atoms with Gasteiger partial charge in [-0.3, -0.25) is 0 Å². The number of benzene rings is 1. The van der Waals surface area contributed by atoms with Crippen LogP contribution in [0.3, 0.4) is 0 Å². The van der Waals surface area contributed by atoms with Crippen LogP contribution in [0.25, 0.3) is 0 Å². The first-order valence-electron chi connectivity index (χ1n) is 6.31. The van der Waals surface area contributed by atoms with Crippen LogP contribution in [0.1, 0.15) is 31.7 Å². The fourth-order valence-electron chi connectivity index (χ4n) is 2.30. The Morgan fingerprint density at radius 1 is 1.44 bits per heavy atom. The minimum absolute atomic E-state index is 0.379. The van der Waals surface area contributed by atoms with Crippen molar-refractivity contribution < 1.29 is 5.11 Å². The van der Waals surface area contributed by atoms with E-state index in [1.165, 1.54) is 24.8 Å². The normalized spacial score (nSPS) is 17.3. The van der Waals surface area contributed by atoms with E-state index in [1.807, 2.05) is 12.1 Å². The van der Waals surface area contributed by atoms with Gasteiger partial charge in [-0.25, -0.2) is 0 Å². The number of aryl methyl sites for hydroxylation is 1. The summed E-state index contributed by atoms with van der Waals surface area (Å²) in [4.78, 5) is 0. The highest BCUT2D eigenvalue weighted by Crippen LogP contribution is 2.34. The van der Waals surface area contributed by atoms with Crippen LogP contribution in [0.4, 0.5) is 0 Å². The van der Waals surface area contributed by atoms with Crippen molar-refractivity contribution in [2.45, 2.75) is 38.6 Å². The fourth-order valence-corrected chi connectivity index (χ4v) is 2.30. The molecule has 0 spiro atoms. The quantitative estimate of drug-likeness (QED) is 0.771. The van der Waals surface area contributed by atoms with Crippen molar-refractivity contribution in [2.75, 3.05) is 6.54 Å². The van der Waals surface area contributed by atoms with Gasteiger partial charge in [-0.1, -0.05) is 19.1 Å². The number of aromatic hydroxyl groups is 1. The Kier molecular flexibility index (Phi) is 3.83. The van der Waals surface area contributed by atoms with E-state index in [4.69, 9.17) is 0 Å². The summed E-state index contributed by atoms with van der Waals surface area (Å²) < 4.78 is 0. The van der Waals surface area contributed by atoms with Gasteiger partial charge in [0, 0.05) is 6.04 Å². The molecule has 0 saturated heterocycles. The molecule has 1 aromatic carbocycles. The van der Waals surface area contributed by atoms with Gasteiger partial charge in [0.1, 0.15) is 5.75 Å². The second-order valence-electron chi connectivity index (χ2n) is 4.71. The monoisotopic (exact) mass is 219 g/mol. The SMILES string of the molecule is CCNC(CCc1cccc(O)c1)C1CC1. The summed E-state index contributed by atoms with van der Waals surface area (Å²) in [5, 5.41) is 13.0. The van der Waals surface area contributed by atoms with E-state index in [0.717, 1.165) is 18.9 Å². The van der Waals surface area contributed by atoms with Gasteiger partial charge in [-0.05, 0) is 55.8 Å². The van der Waals surface area contributed by atoms with E-state index in [2.05, 4.69) is 18.3 Å². The van der Waals surface area contributed by atoms with E-state index in [1.54, 1.807) is 6.07 Å². The first kappa shape index (κ1) is 11.5. The summed E-state index contributed by atoms with van der Waals surface area (Å²) in [6, 6.07) is 8.29. The molecule has 1 unspecified atom stereocenters. The summed E-state index contributed by atoms with van der Waals surface area (Å²) >= 11 is 0. The van der Waals surface area contributed by atoms with Crippen molar-refractivity contribution >= 4 is 0 Å². The number of hydrogen-bond donors (Lipinski definition) is 2. The number of phenols is 1. The topological polar surface area (TPSA) is 32.3 Å². The highest BCUT2D eigenvalue weighted by molar-refractivity contribution is 5.27. The molecule has 0 aromatic heterocycles. The summed E-state index contributed by atoms with van der Waals surface area (Å²) in [5.41, 5.74) is 1.24. The van der Waals surface area contributed by atoms with E-state index in [9.17, 15) is 5.11 Å². The summed E-state index contributed by atoms with van der Waals surface area (Å²) in [6.07, 6.45) is 5.01. The van der Waals surface area contributed by atoms with Crippen molar-refractivity contribution in [2.24, 2.45) is 5.92 Å². The number of nitrogens with one attached hydrogen (secondary N) is 1. The lowest BCUT2D eigenvalue weighted by atomic mass is 10.0. The average molecular weight is 219 g/mol. The molecule has 1 fully saturated rings. The van der Waals surface area contributed by atoms with Gasteiger partial charge < -0.3 is 10.4 Å². The molecule has 0 bridgehead atoms. The fraction of sp³-hybridized carbons (Fsp3) is 0.571. The molecule has 2 heteroatoms. The Morgan fingerprint density at radius 3 is 2.88 bits per heavy atom. The van der Waals surface area contributed by atoms with E-state index in [0.29, 0.717) is 11.8 Å². The van der Waals surface area contributed by atoms with Crippen LogP contribution >= 0.6 is 0 Å². The van der Waals surface area contributed by atoms with Crippen molar-refractivity contribution in [1.82, 2.24) is 5.32 Å². The third-order valence-electron chi connectivity index (χ3n) is 3.31. The molecule has 88 valence electrons. The van der Waals surface area contributed by atoms with E-state index >= 15 is 0 Å². The van der Waals surface area contributed by atoms with Crippen molar-refractivity contribution in [3.05, 3.63) is 29.8 Å². The number of rotatable bonds is 6. The summed E-state index contributed by atoms with van der Waals surface area (Å²) in [5.74, 6) is 1.28. The smallest absolute Gasteiger partial charge is 0.115 e. The number of phenolic OH excluding ortho intramolecular Hbond substituents is 1. The molecule has 1 aliphatic carbocycles. The molecular formula is C14H21NO. The first-order valence-corrected chi connectivity index (χ1v) is 6.31. The highest BCUT2D eigenvalue weighted by atomic mass is 16.3. The molecule has 1 aromatic rings. The van der Waals surface area contributed by atoms with E-state index in [-0.39, 0.29) is 0 Å². The molecule has 2 nitrogen and oxygen atoms in total. The van der Waals surface area contributed by atoms with Crippen LogP contribution < -0.4 is 5.32 Å². The molecule has 1 aliphatic rings. The van der Waals surface area contributed by atoms with Gasteiger partial charge in [-0.2, -0.15) is 0 Å². The maximum absolute atomic E-state index is 9.39. The van der Waals surface area contributed by atoms with Gasteiger partial charge >= 0.3 is 0 Å². The van der Waals surface area contributed by atoms with Gasteiger partial charge in [0.05, 0.1) is 0 Å². The molecule has 2 rings (SSSR count). The highest BCUT2D eigenvalue weighted by Gasteiger charge is 2.29. The van der Waals surface area contributed by atoms with Crippen LogP contribution in [0.2, 0.25) is 0 Å². The largest absolute Gasteiger partial charge is 0.508 e. The molecular weight excluding hydrogens is 198 g/mol. The molecule has 1 saturated carbocycles. The Morgan fingerprint density at radius 2 is 2.25 bits per heavy atom. The zero-order valence-corrected chi connectivity index (χ0v) is 9.95. The average Bonchev–Trinajstić information content (AvgIpc) is 3.08. The van der Waals surface area contributed by atoms with Gasteiger partial charge in [0.2, 0.25) is 0 Å². The lowest BCUT2D eigenvalue weighted by Crippen LogP contribution is -2.31. The lowest BCUT2D eigenvalue weighted by molar-refractivity contribution is 0.444. The minimum atomic E-state index is 0.379. The second-order valence-corrected chi connectivity index (χ2v) is 4.71. The van der Waals surface area contributed by atoms with Crippen LogP contribution in [0.15, 0.2) is 24.3 Å². The Bertz CT molecular complexity index is 333. The van der Waals surface area contributed by atoms with Gasteiger partial charge in [0.25, 0.3) is 0 Å². The first-order chi connectivity index (χ1) is 7.79. The van der Waals surface area contributed by atoms with Gasteiger partial charge in [0.15, 0.2) is 0 Å². The second kappa shape index (κ2) is 5.35. The predicted molar refractivity (Wildman–Crippen MR) is 66.6 cm³/mol. The Labute approximate surface area is 97.7 Å². The summed E-state index contributed by atoms with van der Waals surface area (Å²) in [6.45, 7) is 3.23. The van der Waals surface area contributed by atoms with Crippen LogP contribution in [0.5, 0.6) is 5.75 Å². The third kappa shape index (κ3) is 3.24. The Hall–Kier alpha value is -1.02. The van der Waals surface area contributed by atoms with Crippen molar-refractivity contribution in [3.63, 3.8) is 0 Å². The lowest BCUT2D eigenvalue weighted by Gasteiger charge is -2.17. The zero-order chi connectivity index (χ0) is 11.4. The minimum Gasteiger partial charge on any atom is -0.508 e. The molecule has 0 radical (unpaired) electrons. The maximum Gasteiger partial charge on any atom is 0.115 e. The van der Waals surface area contributed by atoms with Crippen molar-refractivity contribution in [1.29, 1.82) is 0 Å². The molecule has 16 heavy (non-hydrogen) atoms. The van der Waals surface area contributed by atoms with Gasteiger partial charge in [-0.15, -0.1) is 0 Å². The molecule has 0 aliphatic heterocycles. The number of hydrogen-bond acceptors (Lipinski definition) is 2. The zero-order valence-electron chi connectivity index (χ0n) is 9.95. The summed E-state index contributed by atoms with van der Waals surface area (Å²) in [7, 11) is 0. The standard InChI is InChI=1S/C14H21NO/c1-2-15-14(12-7-8-12)9-6-11-4-3-5-13(16)10-11/h3-5,10,12,14-16H,2,6-9H2,1H3. The Balaban J connectivity index is 1.85. The predicted octanol–water partition coefficient (Wildman–Crippen LogP) is 2.71. The van der Waals surface area contributed by atoms with Crippen LogP contribution in [0, 0.1) is 5.92 Å². The molecule has 1 atom stereocenters. The maximum atomic E-state index is 9.39.